The Morgan fingerprint density at radius 2 is 1.52 bits per heavy atom. The smallest absolute Gasteiger partial charge is 0.196 e. The first-order valence-corrected chi connectivity index (χ1v) is 9.03. The lowest BCUT2D eigenvalue weighted by atomic mass is 9.69. The highest BCUT2D eigenvalue weighted by Gasteiger charge is 2.30. The average Bonchev–Trinajstić information content (AvgIpc) is 2.45. The summed E-state index contributed by atoms with van der Waals surface area (Å²) in [5, 5.41) is 0. The summed E-state index contributed by atoms with van der Waals surface area (Å²) in [5.41, 5.74) is 1.65. The second-order valence-corrected chi connectivity index (χ2v) is 8.21. The van der Waals surface area contributed by atoms with Crippen molar-refractivity contribution in [3.05, 3.63) is 29.8 Å². The highest BCUT2D eigenvalue weighted by molar-refractivity contribution is 5.30. The van der Waals surface area contributed by atoms with Crippen LogP contribution in [-0.4, -0.2) is 12.9 Å². The number of benzene rings is 1. The van der Waals surface area contributed by atoms with Crippen LogP contribution in [0.1, 0.15) is 73.3 Å². The summed E-state index contributed by atoms with van der Waals surface area (Å²) in [5.74, 6) is 2.61. The molecule has 0 bridgehead atoms. The Morgan fingerprint density at radius 3 is 1.96 bits per heavy atom. The Kier molecular flexibility index (Phi) is 7.60. The van der Waals surface area contributed by atoms with Crippen LogP contribution in [0, 0.1) is 17.3 Å². The van der Waals surface area contributed by atoms with Gasteiger partial charge in [0.15, 0.2) is 6.29 Å². The van der Waals surface area contributed by atoms with E-state index in [0.29, 0.717) is 17.8 Å². The number of hydrogen-bond donors (Lipinski definition) is 0. The van der Waals surface area contributed by atoms with Crippen molar-refractivity contribution in [2.24, 2.45) is 17.3 Å². The quantitative estimate of drug-likeness (QED) is 0.526. The highest BCUT2D eigenvalue weighted by Crippen LogP contribution is 2.42. The third kappa shape index (κ3) is 6.55. The summed E-state index contributed by atoms with van der Waals surface area (Å²) in [6, 6.07) is 8.58. The molecule has 0 amide bonds. The largest absolute Gasteiger partial charge is 0.465 e. The van der Waals surface area contributed by atoms with Crippen LogP contribution >= 0.6 is 0 Å². The first-order valence-electron chi connectivity index (χ1n) is 9.03. The molecule has 0 saturated heterocycles. The van der Waals surface area contributed by atoms with Gasteiger partial charge in [-0.15, -0.1) is 0 Å². The van der Waals surface area contributed by atoms with Crippen molar-refractivity contribution >= 4 is 0 Å². The molecule has 2 nitrogen and oxygen atoms in total. The van der Waals surface area contributed by atoms with E-state index in [4.69, 9.17) is 9.47 Å². The maximum Gasteiger partial charge on any atom is 0.196 e. The summed E-state index contributed by atoms with van der Waals surface area (Å²) in [4.78, 5) is 0. The summed E-state index contributed by atoms with van der Waals surface area (Å²) in [7, 11) is 0. The molecule has 0 aliphatic heterocycles. The number of ether oxygens (including phenoxy) is 2. The van der Waals surface area contributed by atoms with Crippen molar-refractivity contribution < 1.29 is 9.47 Å². The fourth-order valence-corrected chi connectivity index (χ4v) is 3.23. The Hall–Kier alpha value is -1.02. The molecule has 1 rings (SSSR count). The van der Waals surface area contributed by atoms with Gasteiger partial charge in [0.05, 0.1) is 6.61 Å². The van der Waals surface area contributed by atoms with Gasteiger partial charge in [-0.25, -0.2) is 0 Å². The van der Waals surface area contributed by atoms with Crippen molar-refractivity contribution in [2.45, 2.75) is 74.0 Å². The molecule has 0 aliphatic rings. The van der Waals surface area contributed by atoms with E-state index in [1.807, 2.05) is 6.92 Å². The minimum absolute atomic E-state index is 0.212. The Labute approximate surface area is 143 Å². The lowest BCUT2D eigenvalue weighted by Crippen LogP contribution is -2.24. The van der Waals surface area contributed by atoms with Crippen molar-refractivity contribution in [1.82, 2.24) is 0 Å². The molecule has 132 valence electrons. The lowest BCUT2D eigenvalue weighted by molar-refractivity contribution is -0.0756. The van der Waals surface area contributed by atoms with Crippen LogP contribution in [0.15, 0.2) is 24.3 Å². The molecule has 0 spiro atoms. The number of hydrogen-bond acceptors (Lipinski definition) is 2. The third-order valence-electron chi connectivity index (χ3n) is 4.35. The van der Waals surface area contributed by atoms with Gasteiger partial charge in [0.2, 0.25) is 0 Å². The Balaban J connectivity index is 2.78. The molecular weight excluding hydrogens is 284 g/mol. The van der Waals surface area contributed by atoms with E-state index in [9.17, 15) is 0 Å². The van der Waals surface area contributed by atoms with E-state index in [2.05, 4.69) is 72.7 Å². The fraction of sp³-hybridized carbons (Fsp3) is 0.714. The van der Waals surface area contributed by atoms with Gasteiger partial charge in [0.1, 0.15) is 5.75 Å². The van der Waals surface area contributed by atoms with Crippen LogP contribution in [0.5, 0.6) is 5.75 Å². The van der Waals surface area contributed by atoms with Gasteiger partial charge in [0.25, 0.3) is 0 Å². The van der Waals surface area contributed by atoms with E-state index < -0.39 is 0 Å². The molecule has 0 aliphatic carbocycles. The molecule has 3 unspecified atom stereocenters. The molecular formula is C21H36O2. The molecule has 2 heteroatoms. The molecule has 0 heterocycles. The molecule has 0 N–H and O–H groups in total. The predicted octanol–water partition coefficient (Wildman–Crippen LogP) is 6.26. The minimum Gasteiger partial charge on any atom is -0.465 e. The van der Waals surface area contributed by atoms with Crippen LogP contribution in [0.4, 0.5) is 0 Å². The van der Waals surface area contributed by atoms with Crippen molar-refractivity contribution in [2.75, 3.05) is 6.61 Å². The predicted molar refractivity (Wildman–Crippen MR) is 99.0 cm³/mol. The van der Waals surface area contributed by atoms with Crippen LogP contribution in [-0.2, 0) is 4.74 Å². The standard InChI is InChI=1S/C21H36O2/c1-9-16(4)20(21(6,7)8)18-10-12-19(13-11-18)23-17(5)22-14-15(2)3/h10-13,15-17,20H,9,14H2,1-8H3. The molecule has 0 saturated carbocycles. The molecule has 1 aromatic carbocycles. The topological polar surface area (TPSA) is 18.5 Å². The number of rotatable bonds is 8. The Bertz CT molecular complexity index is 442. The van der Waals surface area contributed by atoms with Crippen molar-refractivity contribution in [1.29, 1.82) is 0 Å². The van der Waals surface area contributed by atoms with E-state index >= 15 is 0 Å². The van der Waals surface area contributed by atoms with Gasteiger partial charge in [-0.05, 0) is 47.8 Å². The molecule has 0 radical (unpaired) electrons. The van der Waals surface area contributed by atoms with Gasteiger partial charge in [0, 0.05) is 0 Å². The molecule has 23 heavy (non-hydrogen) atoms. The normalized spacial score (nSPS) is 16.2. The van der Waals surface area contributed by atoms with E-state index in [-0.39, 0.29) is 11.7 Å². The Morgan fingerprint density at radius 1 is 0.957 bits per heavy atom. The SMILES string of the molecule is CCC(C)C(c1ccc(OC(C)OCC(C)C)cc1)C(C)(C)C. The third-order valence-corrected chi connectivity index (χ3v) is 4.35. The summed E-state index contributed by atoms with van der Waals surface area (Å²) in [6.45, 7) is 18.6. The molecule has 3 atom stereocenters. The van der Waals surface area contributed by atoms with Crippen LogP contribution in [0.3, 0.4) is 0 Å². The summed E-state index contributed by atoms with van der Waals surface area (Å²) < 4.78 is 11.5. The monoisotopic (exact) mass is 320 g/mol. The second kappa shape index (κ2) is 8.73. The zero-order chi connectivity index (χ0) is 17.6. The maximum absolute atomic E-state index is 5.85. The van der Waals surface area contributed by atoms with Gasteiger partial charge in [-0.3, -0.25) is 0 Å². The van der Waals surface area contributed by atoms with E-state index in [0.717, 1.165) is 12.4 Å². The van der Waals surface area contributed by atoms with Gasteiger partial charge in [-0.1, -0.05) is 67.0 Å². The van der Waals surface area contributed by atoms with Gasteiger partial charge >= 0.3 is 0 Å². The van der Waals surface area contributed by atoms with Crippen LogP contribution in [0.25, 0.3) is 0 Å². The second-order valence-electron chi connectivity index (χ2n) is 8.21. The lowest BCUT2D eigenvalue weighted by Gasteiger charge is -2.36. The zero-order valence-corrected chi connectivity index (χ0v) is 16.3. The average molecular weight is 321 g/mol. The van der Waals surface area contributed by atoms with Crippen molar-refractivity contribution in [3.8, 4) is 5.75 Å². The molecule has 0 fully saturated rings. The molecule has 1 aromatic rings. The summed E-state index contributed by atoms with van der Waals surface area (Å²) >= 11 is 0. The first-order chi connectivity index (χ1) is 10.6. The van der Waals surface area contributed by atoms with Gasteiger partial charge in [-0.2, -0.15) is 0 Å². The minimum atomic E-state index is -0.212. The highest BCUT2D eigenvalue weighted by atomic mass is 16.7. The molecule has 0 aromatic heterocycles. The fourth-order valence-electron chi connectivity index (χ4n) is 3.23. The van der Waals surface area contributed by atoms with Crippen LogP contribution < -0.4 is 4.74 Å². The van der Waals surface area contributed by atoms with Crippen molar-refractivity contribution in [3.63, 3.8) is 0 Å². The first kappa shape index (κ1) is 20.0. The zero-order valence-electron chi connectivity index (χ0n) is 16.3. The summed E-state index contributed by atoms with van der Waals surface area (Å²) in [6.07, 6.45) is 0.983. The maximum atomic E-state index is 5.85. The van der Waals surface area contributed by atoms with Crippen LogP contribution in [0.2, 0.25) is 0 Å². The van der Waals surface area contributed by atoms with Gasteiger partial charge < -0.3 is 9.47 Å². The van der Waals surface area contributed by atoms with E-state index in [1.165, 1.54) is 12.0 Å². The van der Waals surface area contributed by atoms with E-state index in [1.54, 1.807) is 0 Å².